The van der Waals surface area contributed by atoms with Crippen LogP contribution in [0.25, 0.3) is 0 Å². The maximum Gasteiger partial charge on any atom is 0.341 e. The van der Waals surface area contributed by atoms with Gasteiger partial charge in [-0.15, -0.1) is 0 Å². The minimum atomic E-state index is -2.04. The summed E-state index contributed by atoms with van der Waals surface area (Å²) in [6.45, 7) is 3.28. The molecule has 0 saturated carbocycles. The van der Waals surface area contributed by atoms with Crippen LogP contribution in [0.4, 0.5) is 4.39 Å². The highest BCUT2D eigenvalue weighted by atomic mass is 19.1. The first-order valence-corrected chi connectivity index (χ1v) is 5.43. The van der Waals surface area contributed by atoms with Crippen molar-refractivity contribution in [1.29, 1.82) is 0 Å². The van der Waals surface area contributed by atoms with Gasteiger partial charge in [0, 0.05) is 0 Å². The summed E-state index contributed by atoms with van der Waals surface area (Å²) in [6.07, 6.45) is 6.40. The minimum absolute atomic E-state index is 0.133. The average Bonchev–Trinajstić information content (AvgIpc) is 2.10. The summed E-state index contributed by atoms with van der Waals surface area (Å²) in [5.74, 6) is -1.34. The molecule has 14 heavy (non-hydrogen) atoms. The van der Waals surface area contributed by atoms with Crippen molar-refractivity contribution in [2.24, 2.45) is 0 Å². The number of carboxylic acid groups (broad SMARTS) is 1. The molecule has 0 radical (unpaired) electrons. The van der Waals surface area contributed by atoms with Gasteiger partial charge in [0.2, 0.25) is 5.67 Å². The summed E-state index contributed by atoms with van der Waals surface area (Å²) in [5, 5.41) is 8.51. The standard InChI is InChI=1S/C11H21FO2/c1-3-4-5-6-7-8-9-11(2,12)10(13)14/h3-9H2,1-2H3,(H,13,14)/t11-/m0/s1. The molecule has 0 bridgehead atoms. The second-order valence-corrected chi connectivity index (χ2v) is 4.02. The summed E-state index contributed by atoms with van der Waals surface area (Å²) in [6, 6.07) is 0. The van der Waals surface area contributed by atoms with Crippen LogP contribution in [0.2, 0.25) is 0 Å². The molecule has 0 aliphatic rings. The van der Waals surface area contributed by atoms with E-state index in [2.05, 4.69) is 6.92 Å². The molecule has 0 aromatic heterocycles. The number of unbranched alkanes of at least 4 members (excludes halogenated alkanes) is 5. The third kappa shape index (κ3) is 5.95. The zero-order chi connectivity index (χ0) is 11.0. The second kappa shape index (κ2) is 6.80. The quantitative estimate of drug-likeness (QED) is 0.614. The topological polar surface area (TPSA) is 37.3 Å². The number of rotatable bonds is 8. The average molecular weight is 204 g/mol. The molecule has 0 aliphatic heterocycles. The summed E-state index contributed by atoms with van der Waals surface area (Å²) in [7, 11) is 0. The van der Waals surface area contributed by atoms with Crippen LogP contribution in [-0.4, -0.2) is 16.7 Å². The molecular formula is C11H21FO2. The molecule has 0 aromatic rings. The maximum absolute atomic E-state index is 13.2. The molecule has 1 N–H and O–H groups in total. The second-order valence-electron chi connectivity index (χ2n) is 4.02. The molecule has 84 valence electrons. The van der Waals surface area contributed by atoms with E-state index in [-0.39, 0.29) is 6.42 Å². The van der Waals surface area contributed by atoms with E-state index in [9.17, 15) is 9.18 Å². The van der Waals surface area contributed by atoms with Crippen LogP contribution >= 0.6 is 0 Å². The van der Waals surface area contributed by atoms with Gasteiger partial charge in [-0.05, 0) is 19.8 Å². The minimum Gasteiger partial charge on any atom is -0.479 e. The van der Waals surface area contributed by atoms with Gasteiger partial charge in [0.05, 0.1) is 0 Å². The van der Waals surface area contributed by atoms with Crippen molar-refractivity contribution in [2.45, 2.75) is 64.5 Å². The molecule has 3 heteroatoms. The molecule has 0 rings (SSSR count). The Morgan fingerprint density at radius 2 is 1.71 bits per heavy atom. The summed E-state index contributed by atoms with van der Waals surface area (Å²) >= 11 is 0. The van der Waals surface area contributed by atoms with Crippen LogP contribution in [0, 0.1) is 0 Å². The Balaban J connectivity index is 3.40. The van der Waals surface area contributed by atoms with Gasteiger partial charge in [0.1, 0.15) is 0 Å². The van der Waals surface area contributed by atoms with Gasteiger partial charge < -0.3 is 5.11 Å². The molecule has 0 fully saturated rings. The molecule has 0 saturated heterocycles. The lowest BCUT2D eigenvalue weighted by Crippen LogP contribution is -2.29. The van der Waals surface area contributed by atoms with E-state index >= 15 is 0 Å². The van der Waals surface area contributed by atoms with Crippen molar-refractivity contribution in [1.82, 2.24) is 0 Å². The fourth-order valence-electron chi connectivity index (χ4n) is 1.34. The van der Waals surface area contributed by atoms with E-state index in [1.165, 1.54) is 19.3 Å². The van der Waals surface area contributed by atoms with Crippen LogP contribution in [0.15, 0.2) is 0 Å². The first-order chi connectivity index (χ1) is 6.50. The third-order valence-corrected chi connectivity index (χ3v) is 2.45. The highest BCUT2D eigenvalue weighted by molar-refractivity contribution is 5.76. The molecule has 0 aromatic carbocycles. The number of hydrogen-bond acceptors (Lipinski definition) is 1. The Morgan fingerprint density at radius 3 is 2.21 bits per heavy atom. The lowest BCUT2D eigenvalue weighted by molar-refractivity contribution is -0.150. The number of aliphatic carboxylic acids is 1. The number of alkyl halides is 1. The highest BCUT2D eigenvalue weighted by Gasteiger charge is 2.31. The van der Waals surface area contributed by atoms with Crippen LogP contribution in [0.5, 0.6) is 0 Å². The zero-order valence-corrected chi connectivity index (χ0v) is 9.18. The van der Waals surface area contributed by atoms with Gasteiger partial charge in [-0.1, -0.05) is 39.0 Å². The van der Waals surface area contributed by atoms with Crippen molar-refractivity contribution < 1.29 is 14.3 Å². The smallest absolute Gasteiger partial charge is 0.341 e. The van der Waals surface area contributed by atoms with Crippen LogP contribution in [0.1, 0.15) is 58.8 Å². The van der Waals surface area contributed by atoms with Crippen molar-refractivity contribution in [3.63, 3.8) is 0 Å². The first kappa shape index (κ1) is 13.4. The fourth-order valence-corrected chi connectivity index (χ4v) is 1.34. The summed E-state index contributed by atoms with van der Waals surface area (Å²) < 4.78 is 13.2. The molecule has 0 unspecified atom stereocenters. The Bertz CT molecular complexity index is 167. The third-order valence-electron chi connectivity index (χ3n) is 2.45. The first-order valence-electron chi connectivity index (χ1n) is 5.43. The number of hydrogen-bond donors (Lipinski definition) is 1. The monoisotopic (exact) mass is 204 g/mol. The Morgan fingerprint density at radius 1 is 1.21 bits per heavy atom. The van der Waals surface area contributed by atoms with Gasteiger partial charge in [0.25, 0.3) is 0 Å². The lowest BCUT2D eigenvalue weighted by atomic mass is 9.99. The molecule has 1 atom stereocenters. The normalized spacial score (nSPS) is 15.1. The molecular weight excluding hydrogens is 183 g/mol. The molecule has 0 spiro atoms. The van der Waals surface area contributed by atoms with E-state index in [0.717, 1.165) is 19.8 Å². The number of halogens is 1. The van der Waals surface area contributed by atoms with E-state index < -0.39 is 11.6 Å². The molecule has 0 aliphatic carbocycles. The molecule has 0 amide bonds. The lowest BCUT2D eigenvalue weighted by Gasteiger charge is -2.14. The Labute approximate surface area is 85.5 Å². The van der Waals surface area contributed by atoms with E-state index in [1.54, 1.807) is 0 Å². The summed E-state index contributed by atoms with van der Waals surface area (Å²) in [5.41, 5.74) is -2.04. The van der Waals surface area contributed by atoms with Gasteiger partial charge in [0.15, 0.2) is 0 Å². The molecule has 2 nitrogen and oxygen atoms in total. The Hall–Kier alpha value is -0.600. The van der Waals surface area contributed by atoms with Crippen molar-refractivity contribution in [3.05, 3.63) is 0 Å². The van der Waals surface area contributed by atoms with Crippen LogP contribution < -0.4 is 0 Å². The summed E-state index contributed by atoms with van der Waals surface area (Å²) in [4.78, 5) is 10.4. The number of carbonyl (C=O) groups is 1. The van der Waals surface area contributed by atoms with Gasteiger partial charge in [-0.2, -0.15) is 0 Å². The van der Waals surface area contributed by atoms with E-state index in [1.807, 2.05) is 0 Å². The molecule has 0 heterocycles. The number of carboxylic acids is 1. The van der Waals surface area contributed by atoms with Gasteiger partial charge in [-0.25, -0.2) is 9.18 Å². The van der Waals surface area contributed by atoms with Gasteiger partial charge in [-0.3, -0.25) is 0 Å². The van der Waals surface area contributed by atoms with Crippen molar-refractivity contribution >= 4 is 5.97 Å². The fraction of sp³-hybridized carbons (Fsp3) is 0.909. The predicted molar refractivity (Wildman–Crippen MR) is 55.1 cm³/mol. The Kier molecular flexibility index (Phi) is 6.50. The van der Waals surface area contributed by atoms with Crippen LogP contribution in [0.3, 0.4) is 0 Å². The SMILES string of the molecule is CCCCCCCC[C@](C)(F)C(=O)O. The van der Waals surface area contributed by atoms with E-state index in [4.69, 9.17) is 5.11 Å². The van der Waals surface area contributed by atoms with E-state index in [0.29, 0.717) is 6.42 Å². The van der Waals surface area contributed by atoms with Crippen LogP contribution in [-0.2, 0) is 4.79 Å². The highest BCUT2D eigenvalue weighted by Crippen LogP contribution is 2.20. The van der Waals surface area contributed by atoms with Crippen molar-refractivity contribution in [3.8, 4) is 0 Å². The predicted octanol–water partition coefficient (Wildman–Crippen LogP) is 3.55. The van der Waals surface area contributed by atoms with Crippen molar-refractivity contribution in [2.75, 3.05) is 0 Å². The van der Waals surface area contributed by atoms with Gasteiger partial charge >= 0.3 is 5.97 Å². The zero-order valence-electron chi connectivity index (χ0n) is 9.18. The maximum atomic E-state index is 13.2. The largest absolute Gasteiger partial charge is 0.479 e.